The standard InChI is InChI=1S/C11H10O/c1-3-4-10-5-7-11(8-6-10)9(2)12/h1,5-8H,4H2,2H3. The van der Waals surface area contributed by atoms with Gasteiger partial charge in [-0.15, -0.1) is 12.3 Å². The van der Waals surface area contributed by atoms with Gasteiger partial charge >= 0.3 is 0 Å². The maximum Gasteiger partial charge on any atom is 0.159 e. The number of hydrogen-bond donors (Lipinski definition) is 0. The van der Waals surface area contributed by atoms with E-state index in [9.17, 15) is 4.79 Å². The molecule has 1 aromatic rings. The van der Waals surface area contributed by atoms with Gasteiger partial charge in [0.25, 0.3) is 0 Å². The molecule has 0 fully saturated rings. The number of carbonyl (C=O) groups excluding carboxylic acids is 1. The third-order valence-corrected chi connectivity index (χ3v) is 1.67. The molecule has 1 heteroatoms. The molecule has 0 heterocycles. The van der Waals surface area contributed by atoms with E-state index < -0.39 is 0 Å². The van der Waals surface area contributed by atoms with E-state index in [0.717, 1.165) is 11.1 Å². The first-order valence-corrected chi connectivity index (χ1v) is 3.77. The summed E-state index contributed by atoms with van der Waals surface area (Å²) in [6.07, 6.45) is 5.76. The second-order valence-electron chi connectivity index (χ2n) is 2.63. The second-order valence-corrected chi connectivity index (χ2v) is 2.63. The SMILES string of the molecule is C#CCc1ccc(C(C)=O)cc1. The molecule has 1 aromatic carbocycles. The summed E-state index contributed by atoms with van der Waals surface area (Å²) in [5.74, 6) is 2.63. The Morgan fingerprint density at radius 1 is 1.42 bits per heavy atom. The highest BCUT2D eigenvalue weighted by Crippen LogP contribution is 2.04. The largest absolute Gasteiger partial charge is 0.295 e. The van der Waals surface area contributed by atoms with Crippen LogP contribution in [0.2, 0.25) is 0 Å². The molecule has 0 saturated carbocycles. The van der Waals surface area contributed by atoms with Crippen LogP contribution in [0.4, 0.5) is 0 Å². The van der Waals surface area contributed by atoms with E-state index in [4.69, 9.17) is 6.42 Å². The van der Waals surface area contributed by atoms with Crippen LogP contribution in [0.15, 0.2) is 24.3 Å². The molecule has 0 N–H and O–H groups in total. The average molecular weight is 158 g/mol. The molecule has 0 radical (unpaired) electrons. The van der Waals surface area contributed by atoms with Crippen LogP contribution < -0.4 is 0 Å². The molecule has 1 rings (SSSR count). The lowest BCUT2D eigenvalue weighted by molar-refractivity contribution is 0.101. The van der Waals surface area contributed by atoms with Crippen LogP contribution in [0.5, 0.6) is 0 Å². The molecule has 12 heavy (non-hydrogen) atoms. The molecule has 0 aliphatic rings. The van der Waals surface area contributed by atoms with Crippen LogP contribution in [0.3, 0.4) is 0 Å². The highest BCUT2D eigenvalue weighted by molar-refractivity contribution is 5.93. The normalized spacial score (nSPS) is 9.00. The smallest absolute Gasteiger partial charge is 0.159 e. The minimum Gasteiger partial charge on any atom is -0.295 e. The number of carbonyl (C=O) groups is 1. The van der Waals surface area contributed by atoms with E-state index in [0.29, 0.717) is 6.42 Å². The minimum absolute atomic E-state index is 0.0854. The molecule has 0 unspecified atom stereocenters. The number of benzene rings is 1. The summed E-state index contributed by atoms with van der Waals surface area (Å²) < 4.78 is 0. The fraction of sp³-hybridized carbons (Fsp3) is 0.182. The summed E-state index contributed by atoms with van der Waals surface area (Å²) in [7, 11) is 0. The van der Waals surface area contributed by atoms with E-state index in [1.54, 1.807) is 19.1 Å². The second kappa shape index (κ2) is 3.73. The van der Waals surface area contributed by atoms with Gasteiger partial charge in [-0.3, -0.25) is 4.79 Å². The number of terminal acetylenes is 1. The van der Waals surface area contributed by atoms with Crippen molar-refractivity contribution >= 4 is 5.78 Å². The average Bonchev–Trinajstić information content (AvgIpc) is 2.06. The van der Waals surface area contributed by atoms with Crippen molar-refractivity contribution < 1.29 is 4.79 Å². The Bertz CT molecular complexity index is 314. The topological polar surface area (TPSA) is 17.1 Å². The first-order valence-electron chi connectivity index (χ1n) is 3.77. The Labute approximate surface area is 72.4 Å². The molecule has 0 saturated heterocycles. The monoisotopic (exact) mass is 158 g/mol. The quantitative estimate of drug-likeness (QED) is 0.475. The first-order chi connectivity index (χ1) is 5.74. The highest BCUT2D eigenvalue weighted by atomic mass is 16.1. The van der Waals surface area contributed by atoms with Crippen molar-refractivity contribution in [3.05, 3.63) is 35.4 Å². The molecular weight excluding hydrogens is 148 g/mol. The summed E-state index contributed by atoms with van der Waals surface area (Å²) >= 11 is 0. The molecule has 0 aromatic heterocycles. The predicted molar refractivity (Wildman–Crippen MR) is 49.0 cm³/mol. The molecule has 0 atom stereocenters. The van der Waals surface area contributed by atoms with E-state index in [1.165, 1.54) is 0 Å². The van der Waals surface area contributed by atoms with Crippen LogP contribution in [0, 0.1) is 12.3 Å². The van der Waals surface area contributed by atoms with Gasteiger partial charge in [0, 0.05) is 12.0 Å². The number of hydrogen-bond acceptors (Lipinski definition) is 1. The van der Waals surface area contributed by atoms with Gasteiger partial charge in [-0.2, -0.15) is 0 Å². The summed E-state index contributed by atoms with van der Waals surface area (Å²) in [6.45, 7) is 1.55. The van der Waals surface area contributed by atoms with Crippen molar-refractivity contribution in [1.82, 2.24) is 0 Å². The molecule has 60 valence electrons. The lowest BCUT2D eigenvalue weighted by Crippen LogP contribution is -1.91. The highest BCUT2D eigenvalue weighted by Gasteiger charge is 1.97. The van der Waals surface area contributed by atoms with Crippen LogP contribution in [-0.4, -0.2) is 5.78 Å². The van der Waals surface area contributed by atoms with Crippen molar-refractivity contribution in [2.24, 2.45) is 0 Å². The van der Waals surface area contributed by atoms with Crippen molar-refractivity contribution in [1.29, 1.82) is 0 Å². The van der Waals surface area contributed by atoms with E-state index in [2.05, 4.69) is 5.92 Å². The van der Waals surface area contributed by atoms with Gasteiger partial charge in [0.1, 0.15) is 0 Å². The lowest BCUT2D eigenvalue weighted by Gasteiger charge is -1.96. The zero-order valence-corrected chi connectivity index (χ0v) is 7.00. The van der Waals surface area contributed by atoms with Gasteiger partial charge in [-0.1, -0.05) is 24.3 Å². The molecule has 0 aliphatic heterocycles. The summed E-state index contributed by atoms with van der Waals surface area (Å²) in [4.78, 5) is 10.9. The first kappa shape index (κ1) is 8.55. The van der Waals surface area contributed by atoms with Gasteiger partial charge in [0.05, 0.1) is 0 Å². The van der Waals surface area contributed by atoms with Crippen molar-refractivity contribution in [2.45, 2.75) is 13.3 Å². The fourth-order valence-electron chi connectivity index (χ4n) is 0.975. The van der Waals surface area contributed by atoms with Crippen molar-refractivity contribution in [2.75, 3.05) is 0 Å². The minimum atomic E-state index is 0.0854. The van der Waals surface area contributed by atoms with Gasteiger partial charge in [0.15, 0.2) is 5.78 Å². The third-order valence-electron chi connectivity index (χ3n) is 1.67. The summed E-state index contributed by atoms with van der Waals surface area (Å²) in [5, 5.41) is 0. The Morgan fingerprint density at radius 3 is 2.42 bits per heavy atom. The zero-order valence-electron chi connectivity index (χ0n) is 7.00. The van der Waals surface area contributed by atoms with Crippen LogP contribution in [0.25, 0.3) is 0 Å². The zero-order chi connectivity index (χ0) is 8.97. The fourth-order valence-corrected chi connectivity index (χ4v) is 0.975. The number of ketones is 1. The lowest BCUT2D eigenvalue weighted by atomic mass is 10.1. The van der Waals surface area contributed by atoms with Crippen molar-refractivity contribution in [3.8, 4) is 12.3 Å². The maximum absolute atomic E-state index is 10.9. The number of rotatable bonds is 2. The van der Waals surface area contributed by atoms with E-state index >= 15 is 0 Å². The molecule has 1 nitrogen and oxygen atoms in total. The predicted octanol–water partition coefficient (Wildman–Crippen LogP) is 2.06. The summed E-state index contributed by atoms with van der Waals surface area (Å²) in [6, 6.07) is 7.37. The third kappa shape index (κ3) is 1.96. The maximum atomic E-state index is 10.9. The molecular formula is C11H10O. The molecule has 0 bridgehead atoms. The van der Waals surface area contributed by atoms with Crippen LogP contribution >= 0.6 is 0 Å². The van der Waals surface area contributed by atoms with Gasteiger partial charge < -0.3 is 0 Å². The van der Waals surface area contributed by atoms with E-state index in [-0.39, 0.29) is 5.78 Å². The Morgan fingerprint density at radius 2 is 2.00 bits per heavy atom. The molecule has 0 spiro atoms. The summed E-state index contributed by atoms with van der Waals surface area (Å²) in [5.41, 5.74) is 1.80. The Balaban J connectivity index is 2.87. The van der Waals surface area contributed by atoms with E-state index in [1.807, 2.05) is 12.1 Å². The Kier molecular flexibility index (Phi) is 2.66. The molecule has 0 aliphatic carbocycles. The van der Waals surface area contributed by atoms with Gasteiger partial charge in [-0.05, 0) is 12.5 Å². The van der Waals surface area contributed by atoms with Gasteiger partial charge in [-0.25, -0.2) is 0 Å². The van der Waals surface area contributed by atoms with Crippen LogP contribution in [0.1, 0.15) is 22.8 Å². The van der Waals surface area contributed by atoms with Crippen molar-refractivity contribution in [3.63, 3.8) is 0 Å². The number of Topliss-reactive ketones (excluding diaryl/α,β-unsaturated/α-hetero) is 1. The molecule has 0 amide bonds. The van der Waals surface area contributed by atoms with Crippen LogP contribution in [-0.2, 0) is 6.42 Å². The van der Waals surface area contributed by atoms with Gasteiger partial charge in [0.2, 0.25) is 0 Å². The Hall–Kier alpha value is -1.55.